The lowest BCUT2D eigenvalue weighted by atomic mass is 9.99. The summed E-state index contributed by atoms with van der Waals surface area (Å²) in [4.78, 5) is 26.0. The van der Waals surface area contributed by atoms with Crippen molar-refractivity contribution in [3.63, 3.8) is 0 Å². The number of likely N-dealkylation sites (tertiary alicyclic amines) is 1. The second kappa shape index (κ2) is 9.14. The smallest absolute Gasteiger partial charge is 0.307 e. The first-order valence-electron chi connectivity index (χ1n) is 8.82. The maximum Gasteiger partial charge on any atom is 0.307 e. The van der Waals surface area contributed by atoms with Crippen molar-refractivity contribution in [3.05, 3.63) is 30.3 Å². The molecule has 144 valence electrons. The van der Waals surface area contributed by atoms with Crippen molar-refractivity contribution in [3.8, 4) is 0 Å². The first kappa shape index (κ1) is 20.4. The van der Waals surface area contributed by atoms with Gasteiger partial charge in [-0.25, -0.2) is 13.1 Å². The molecule has 0 spiro atoms. The molecule has 2 rings (SSSR count). The van der Waals surface area contributed by atoms with Crippen LogP contribution in [0.5, 0.6) is 0 Å². The number of carbonyl (C=O) groups is 2. The fourth-order valence-corrected chi connectivity index (χ4v) is 3.82. The highest BCUT2D eigenvalue weighted by Crippen LogP contribution is 2.17. The van der Waals surface area contributed by atoms with Crippen molar-refractivity contribution in [2.75, 3.05) is 19.6 Å². The summed E-state index contributed by atoms with van der Waals surface area (Å²) in [5.41, 5.74) is 0. The van der Waals surface area contributed by atoms with Gasteiger partial charge in [-0.3, -0.25) is 9.59 Å². The molecule has 1 amide bonds. The maximum absolute atomic E-state index is 12.3. The molecule has 7 nitrogen and oxygen atoms in total. The normalized spacial score (nSPS) is 16.9. The Bertz CT molecular complexity index is 712. The van der Waals surface area contributed by atoms with E-state index in [-0.39, 0.29) is 23.8 Å². The van der Waals surface area contributed by atoms with Gasteiger partial charge >= 0.3 is 5.97 Å². The van der Waals surface area contributed by atoms with E-state index in [9.17, 15) is 18.0 Å². The first-order valence-corrected chi connectivity index (χ1v) is 10.3. The molecule has 1 aliphatic heterocycles. The van der Waals surface area contributed by atoms with Crippen molar-refractivity contribution >= 4 is 21.9 Å². The third kappa shape index (κ3) is 5.81. The van der Waals surface area contributed by atoms with Crippen molar-refractivity contribution < 1.29 is 22.7 Å². The average Bonchev–Trinajstić information content (AvgIpc) is 2.62. The van der Waals surface area contributed by atoms with Gasteiger partial charge in [0.1, 0.15) is 0 Å². The molecule has 1 aromatic rings. The summed E-state index contributed by atoms with van der Waals surface area (Å²) in [5.74, 6) is -0.198. The number of carbonyl (C=O) groups excluding carboxylic acids is 2. The zero-order valence-corrected chi connectivity index (χ0v) is 16.0. The van der Waals surface area contributed by atoms with E-state index in [1.165, 1.54) is 12.1 Å². The maximum atomic E-state index is 12.3. The zero-order valence-electron chi connectivity index (χ0n) is 15.2. The standard InChI is InChI=1S/C18H26N2O5S/c1-14-9-12-20(13-10-14)18(22)15(2)25-17(21)8-11-19-26(23,24)16-6-4-3-5-7-16/h3-7,14-15,19H,8-13H2,1-2H3. The van der Waals surface area contributed by atoms with Crippen LogP contribution >= 0.6 is 0 Å². The molecule has 0 saturated carbocycles. The van der Waals surface area contributed by atoms with E-state index in [1.807, 2.05) is 0 Å². The molecule has 1 aromatic carbocycles. The van der Waals surface area contributed by atoms with Gasteiger partial charge in [0.05, 0.1) is 11.3 Å². The molecule has 0 bridgehead atoms. The summed E-state index contributed by atoms with van der Waals surface area (Å²) >= 11 is 0. The van der Waals surface area contributed by atoms with E-state index in [4.69, 9.17) is 4.74 Å². The van der Waals surface area contributed by atoms with Gasteiger partial charge in [0.15, 0.2) is 6.10 Å². The largest absolute Gasteiger partial charge is 0.452 e. The minimum Gasteiger partial charge on any atom is -0.452 e. The Kier molecular flexibility index (Phi) is 7.16. The Balaban J connectivity index is 1.75. The van der Waals surface area contributed by atoms with Gasteiger partial charge in [0.2, 0.25) is 10.0 Å². The lowest BCUT2D eigenvalue weighted by molar-refractivity contribution is -0.159. The lowest BCUT2D eigenvalue weighted by Gasteiger charge is -2.31. The quantitative estimate of drug-likeness (QED) is 0.722. The van der Waals surface area contributed by atoms with E-state index < -0.39 is 22.1 Å². The minimum atomic E-state index is -3.66. The third-order valence-electron chi connectivity index (χ3n) is 4.43. The van der Waals surface area contributed by atoms with Gasteiger partial charge in [-0.05, 0) is 37.8 Å². The van der Waals surface area contributed by atoms with E-state index >= 15 is 0 Å². The average molecular weight is 382 g/mol. The minimum absolute atomic E-state index is 0.0851. The number of ether oxygens (including phenoxy) is 1. The van der Waals surface area contributed by atoms with Gasteiger partial charge in [0, 0.05) is 19.6 Å². The molecule has 0 aromatic heterocycles. The number of nitrogens with zero attached hydrogens (tertiary/aromatic N) is 1. The fraction of sp³-hybridized carbons (Fsp3) is 0.556. The number of amides is 1. The Hall–Kier alpha value is -1.93. The molecule has 26 heavy (non-hydrogen) atoms. The highest BCUT2D eigenvalue weighted by atomic mass is 32.2. The number of rotatable bonds is 7. The fourth-order valence-electron chi connectivity index (χ4n) is 2.76. The van der Waals surface area contributed by atoms with Crippen molar-refractivity contribution in [2.45, 2.75) is 44.1 Å². The number of nitrogens with one attached hydrogen (secondary N) is 1. The summed E-state index contributed by atoms with van der Waals surface area (Å²) in [6.07, 6.45) is 0.906. The number of esters is 1. The summed E-state index contributed by atoms with van der Waals surface area (Å²) in [5, 5.41) is 0. The van der Waals surface area contributed by atoms with E-state index in [0.29, 0.717) is 19.0 Å². The molecule has 1 aliphatic rings. The topological polar surface area (TPSA) is 92.8 Å². The molecule has 8 heteroatoms. The summed E-state index contributed by atoms with van der Waals surface area (Å²) in [6, 6.07) is 7.91. The van der Waals surface area contributed by atoms with Gasteiger partial charge in [0.25, 0.3) is 5.91 Å². The zero-order chi connectivity index (χ0) is 19.2. The van der Waals surface area contributed by atoms with E-state index in [0.717, 1.165) is 12.8 Å². The molecule has 0 aliphatic carbocycles. The lowest BCUT2D eigenvalue weighted by Crippen LogP contribution is -2.44. The van der Waals surface area contributed by atoms with Crippen LogP contribution in [0, 0.1) is 5.92 Å². The number of benzene rings is 1. The Morgan fingerprint density at radius 3 is 2.46 bits per heavy atom. The number of sulfonamides is 1. The first-order chi connectivity index (χ1) is 12.3. The van der Waals surface area contributed by atoms with Gasteiger partial charge in [-0.1, -0.05) is 25.1 Å². The summed E-state index contributed by atoms with van der Waals surface area (Å²) in [6.45, 7) is 4.98. The van der Waals surface area contributed by atoms with Crippen molar-refractivity contribution in [1.29, 1.82) is 0 Å². The molecule has 1 heterocycles. The highest BCUT2D eigenvalue weighted by Gasteiger charge is 2.26. The third-order valence-corrected chi connectivity index (χ3v) is 5.90. The van der Waals surface area contributed by atoms with Crippen LogP contribution in [-0.4, -0.2) is 50.9 Å². The van der Waals surface area contributed by atoms with Crippen LogP contribution in [-0.2, 0) is 24.3 Å². The molecule has 1 unspecified atom stereocenters. The van der Waals surface area contributed by atoms with Crippen molar-refractivity contribution in [1.82, 2.24) is 9.62 Å². The Labute approximate surface area is 154 Å². The van der Waals surface area contributed by atoms with Crippen LogP contribution in [0.25, 0.3) is 0 Å². The molecule has 1 atom stereocenters. The number of piperidine rings is 1. The highest BCUT2D eigenvalue weighted by molar-refractivity contribution is 7.89. The summed E-state index contributed by atoms with van der Waals surface area (Å²) < 4.78 is 31.6. The molecule has 1 fully saturated rings. The van der Waals surface area contributed by atoms with Crippen LogP contribution in [0.4, 0.5) is 0 Å². The van der Waals surface area contributed by atoms with Crippen LogP contribution in [0.3, 0.4) is 0 Å². The second-order valence-electron chi connectivity index (χ2n) is 6.60. The molecular weight excluding hydrogens is 356 g/mol. The molecular formula is C18H26N2O5S. The Morgan fingerprint density at radius 1 is 1.23 bits per heavy atom. The Morgan fingerprint density at radius 2 is 1.85 bits per heavy atom. The van der Waals surface area contributed by atoms with Crippen LogP contribution in [0.15, 0.2) is 35.2 Å². The van der Waals surface area contributed by atoms with Gasteiger partial charge < -0.3 is 9.64 Å². The predicted octanol–water partition coefficient (Wildman–Crippen LogP) is 1.55. The van der Waals surface area contributed by atoms with Crippen LogP contribution in [0.2, 0.25) is 0 Å². The van der Waals surface area contributed by atoms with Crippen LogP contribution < -0.4 is 4.72 Å². The molecule has 0 radical (unpaired) electrons. The predicted molar refractivity (Wildman–Crippen MR) is 96.8 cm³/mol. The number of hydrogen-bond acceptors (Lipinski definition) is 5. The van der Waals surface area contributed by atoms with Crippen LogP contribution in [0.1, 0.15) is 33.1 Å². The van der Waals surface area contributed by atoms with E-state index in [2.05, 4.69) is 11.6 Å². The monoisotopic (exact) mass is 382 g/mol. The number of hydrogen-bond donors (Lipinski definition) is 1. The second-order valence-corrected chi connectivity index (χ2v) is 8.37. The van der Waals surface area contributed by atoms with Gasteiger partial charge in [-0.15, -0.1) is 0 Å². The van der Waals surface area contributed by atoms with E-state index in [1.54, 1.807) is 30.0 Å². The SMILES string of the molecule is CC1CCN(C(=O)C(C)OC(=O)CCNS(=O)(=O)c2ccccc2)CC1. The molecule has 1 N–H and O–H groups in total. The van der Waals surface area contributed by atoms with Crippen molar-refractivity contribution in [2.24, 2.45) is 5.92 Å². The van der Waals surface area contributed by atoms with Gasteiger partial charge in [-0.2, -0.15) is 0 Å². The summed E-state index contributed by atoms with van der Waals surface area (Å²) in [7, 11) is -3.66. The molecule has 1 saturated heterocycles.